The van der Waals surface area contributed by atoms with Gasteiger partial charge in [-0.25, -0.2) is 0 Å². The Hall–Kier alpha value is -2.41. The van der Waals surface area contributed by atoms with Crippen molar-refractivity contribution in [2.75, 3.05) is 44.7 Å². The number of morpholine rings is 1. The average Bonchev–Trinajstić information content (AvgIpc) is 2.69. The third-order valence-corrected chi connectivity index (χ3v) is 4.54. The highest BCUT2D eigenvalue weighted by Gasteiger charge is 2.11. The molecule has 6 nitrogen and oxygen atoms in total. The molecular formula is C20H22ClN3O3. The van der Waals surface area contributed by atoms with Gasteiger partial charge in [0, 0.05) is 48.0 Å². The Morgan fingerprint density at radius 1 is 1.00 bits per heavy atom. The van der Waals surface area contributed by atoms with Crippen LogP contribution in [0.25, 0.3) is 0 Å². The Bertz CT molecular complexity index is 789. The summed E-state index contributed by atoms with van der Waals surface area (Å²) in [4.78, 5) is 26.7. The fraction of sp³-hybridized carbons (Fsp3) is 0.300. The molecule has 0 aliphatic carbocycles. The second-order valence-corrected chi connectivity index (χ2v) is 6.69. The highest BCUT2D eigenvalue weighted by Crippen LogP contribution is 2.14. The molecule has 1 heterocycles. The SMILES string of the molecule is O=C(NCCN1CCOCC1)c1ccc(NC(=O)c2cccc(Cl)c2)cc1. The molecule has 0 radical (unpaired) electrons. The fourth-order valence-corrected chi connectivity index (χ4v) is 2.98. The van der Waals surface area contributed by atoms with Gasteiger partial charge in [-0.1, -0.05) is 17.7 Å². The molecule has 2 aromatic rings. The van der Waals surface area contributed by atoms with Crippen LogP contribution in [0.2, 0.25) is 5.02 Å². The second kappa shape index (κ2) is 9.50. The van der Waals surface area contributed by atoms with Gasteiger partial charge in [0.15, 0.2) is 0 Å². The number of nitrogens with one attached hydrogen (secondary N) is 2. The van der Waals surface area contributed by atoms with Crippen LogP contribution < -0.4 is 10.6 Å². The number of hydrogen-bond donors (Lipinski definition) is 2. The van der Waals surface area contributed by atoms with Crippen molar-refractivity contribution in [1.82, 2.24) is 10.2 Å². The van der Waals surface area contributed by atoms with E-state index in [1.165, 1.54) is 0 Å². The Morgan fingerprint density at radius 2 is 1.74 bits per heavy atom. The largest absolute Gasteiger partial charge is 0.379 e. The molecule has 0 atom stereocenters. The van der Waals surface area contributed by atoms with E-state index in [0.717, 1.165) is 32.8 Å². The number of anilines is 1. The smallest absolute Gasteiger partial charge is 0.255 e. The van der Waals surface area contributed by atoms with Crippen LogP contribution in [0.1, 0.15) is 20.7 Å². The van der Waals surface area contributed by atoms with E-state index in [0.29, 0.717) is 28.4 Å². The summed E-state index contributed by atoms with van der Waals surface area (Å²) in [6.07, 6.45) is 0. The van der Waals surface area contributed by atoms with Gasteiger partial charge in [0.2, 0.25) is 0 Å². The van der Waals surface area contributed by atoms with Crippen LogP contribution in [0.4, 0.5) is 5.69 Å². The molecule has 0 aromatic heterocycles. The Morgan fingerprint density at radius 3 is 2.44 bits per heavy atom. The number of amides is 2. The monoisotopic (exact) mass is 387 g/mol. The molecule has 0 spiro atoms. The average molecular weight is 388 g/mol. The van der Waals surface area contributed by atoms with Gasteiger partial charge in [0.1, 0.15) is 0 Å². The van der Waals surface area contributed by atoms with Gasteiger partial charge < -0.3 is 15.4 Å². The summed E-state index contributed by atoms with van der Waals surface area (Å²) in [6, 6.07) is 13.5. The number of ether oxygens (including phenoxy) is 1. The standard InChI is InChI=1S/C20H22ClN3O3/c21-17-3-1-2-16(14-17)20(26)23-18-6-4-15(5-7-18)19(25)22-8-9-24-10-12-27-13-11-24/h1-7,14H,8-13H2,(H,22,25)(H,23,26). The van der Waals surface area contributed by atoms with Crippen molar-refractivity contribution in [3.8, 4) is 0 Å². The molecular weight excluding hydrogens is 366 g/mol. The molecule has 27 heavy (non-hydrogen) atoms. The van der Waals surface area contributed by atoms with E-state index >= 15 is 0 Å². The quantitative estimate of drug-likeness (QED) is 0.799. The van der Waals surface area contributed by atoms with E-state index in [9.17, 15) is 9.59 Å². The first-order chi connectivity index (χ1) is 13.1. The normalized spacial score (nSPS) is 14.6. The summed E-state index contributed by atoms with van der Waals surface area (Å²) < 4.78 is 5.30. The molecule has 2 amide bonds. The van der Waals surface area contributed by atoms with Crippen LogP contribution in [0.3, 0.4) is 0 Å². The predicted molar refractivity (Wildman–Crippen MR) is 105 cm³/mol. The van der Waals surface area contributed by atoms with Crippen molar-refractivity contribution in [1.29, 1.82) is 0 Å². The molecule has 7 heteroatoms. The summed E-state index contributed by atoms with van der Waals surface area (Å²) in [5, 5.41) is 6.21. The number of hydrogen-bond acceptors (Lipinski definition) is 4. The van der Waals surface area contributed by atoms with Crippen LogP contribution in [0, 0.1) is 0 Å². The van der Waals surface area contributed by atoms with Gasteiger partial charge in [0.05, 0.1) is 13.2 Å². The Labute approximate surface area is 163 Å². The fourth-order valence-electron chi connectivity index (χ4n) is 2.79. The van der Waals surface area contributed by atoms with Gasteiger partial charge in [-0.3, -0.25) is 14.5 Å². The molecule has 2 N–H and O–H groups in total. The number of benzene rings is 2. The lowest BCUT2D eigenvalue weighted by Crippen LogP contribution is -2.41. The number of nitrogens with zero attached hydrogens (tertiary/aromatic N) is 1. The molecule has 1 aliphatic heterocycles. The van der Waals surface area contributed by atoms with Gasteiger partial charge in [-0.2, -0.15) is 0 Å². The van der Waals surface area contributed by atoms with E-state index in [-0.39, 0.29) is 11.8 Å². The minimum absolute atomic E-state index is 0.129. The maximum absolute atomic E-state index is 12.2. The van der Waals surface area contributed by atoms with Crippen LogP contribution >= 0.6 is 11.6 Å². The number of rotatable bonds is 6. The van der Waals surface area contributed by atoms with Gasteiger partial charge in [-0.05, 0) is 42.5 Å². The zero-order valence-electron chi connectivity index (χ0n) is 14.9. The molecule has 1 saturated heterocycles. The van der Waals surface area contributed by atoms with Gasteiger partial charge >= 0.3 is 0 Å². The molecule has 2 aromatic carbocycles. The molecule has 1 aliphatic rings. The lowest BCUT2D eigenvalue weighted by molar-refractivity contribution is 0.0383. The number of halogens is 1. The Balaban J connectivity index is 1.48. The maximum atomic E-state index is 12.2. The van der Waals surface area contributed by atoms with Gasteiger partial charge in [0.25, 0.3) is 11.8 Å². The summed E-state index contributed by atoms with van der Waals surface area (Å²) in [5.74, 6) is -0.379. The van der Waals surface area contributed by atoms with Crippen LogP contribution in [-0.4, -0.2) is 56.1 Å². The number of carbonyl (C=O) groups is 2. The third kappa shape index (κ3) is 5.79. The first kappa shape index (κ1) is 19.4. The summed E-state index contributed by atoms with van der Waals surface area (Å²) in [5.41, 5.74) is 1.65. The minimum Gasteiger partial charge on any atom is -0.379 e. The van der Waals surface area contributed by atoms with E-state index in [1.54, 1.807) is 48.5 Å². The van der Waals surface area contributed by atoms with Crippen molar-refractivity contribution >= 4 is 29.1 Å². The lowest BCUT2D eigenvalue weighted by Gasteiger charge is -2.26. The molecule has 0 saturated carbocycles. The maximum Gasteiger partial charge on any atom is 0.255 e. The van der Waals surface area contributed by atoms with Crippen LogP contribution in [0.15, 0.2) is 48.5 Å². The van der Waals surface area contributed by atoms with Crippen molar-refractivity contribution < 1.29 is 14.3 Å². The molecule has 1 fully saturated rings. The molecule has 0 bridgehead atoms. The molecule has 3 rings (SSSR count). The first-order valence-corrected chi connectivity index (χ1v) is 9.25. The van der Waals surface area contributed by atoms with E-state index < -0.39 is 0 Å². The zero-order valence-corrected chi connectivity index (χ0v) is 15.7. The third-order valence-electron chi connectivity index (χ3n) is 4.31. The molecule has 142 valence electrons. The van der Waals surface area contributed by atoms with E-state index in [4.69, 9.17) is 16.3 Å². The van der Waals surface area contributed by atoms with Crippen molar-refractivity contribution in [2.45, 2.75) is 0 Å². The van der Waals surface area contributed by atoms with Crippen LogP contribution in [0.5, 0.6) is 0 Å². The first-order valence-electron chi connectivity index (χ1n) is 8.87. The summed E-state index contributed by atoms with van der Waals surface area (Å²) in [6.45, 7) is 4.69. The highest BCUT2D eigenvalue weighted by molar-refractivity contribution is 6.31. The van der Waals surface area contributed by atoms with E-state index in [1.807, 2.05) is 0 Å². The topological polar surface area (TPSA) is 70.7 Å². The highest BCUT2D eigenvalue weighted by atomic mass is 35.5. The number of carbonyl (C=O) groups excluding carboxylic acids is 2. The lowest BCUT2D eigenvalue weighted by atomic mass is 10.1. The van der Waals surface area contributed by atoms with Gasteiger partial charge in [-0.15, -0.1) is 0 Å². The summed E-state index contributed by atoms with van der Waals surface area (Å²) in [7, 11) is 0. The van der Waals surface area contributed by atoms with Crippen molar-refractivity contribution in [3.63, 3.8) is 0 Å². The van der Waals surface area contributed by atoms with E-state index in [2.05, 4.69) is 15.5 Å². The predicted octanol–water partition coefficient (Wildman–Crippen LogP) is 2.65. The summed E-state index contributed by atoms with van der Waals surface area (Å²) >= 11 is 5.91. The zero-order chi connectivity index (χ0) is 19.1. The van der Waals surface area contributed by atoms with Crippen LogP contribution in [-0.2, 0) is 4.74 Å². The van der Waals surface area contributed by atoms with Crippen molar-refractivity contribution in [3.05, 3.63) is 64.7 Å². The molecule has 0 unspecified atom stereocenters. The van der Waals surface area contributed by atoms with Crippen molar-refractivity contribution in [2.24, 2.45) is 0 Å². The minimum atomic E-state index is -0.250. The Kier molecular flexibility index (Phi) is 6.81. The second-order valence-electron chi connectivity index (χ2n) is 6.25.